The molecule has 8 heteroatoms. The van der Waals surface area contributed by atoms with E-state index in [2.05, 4.69) is 5.32 Å². The summed E-state index contributed by atoms with van der Waals surface area (Å²) < 4.78 is 24.7. The molecule has 0 aliphatic carbocycles. The number of nitro groups is 1. The fraction of sp³-hybridized carbons (Fsp3) is 0.333. The van der Waals surface area contributed by atoms with E-state index in [9.17, 15) is 18.5 Å². The summed E-state index contributed by atoms with van der Waals surface area (Å²) in [6, 6.07) is 3.89. The highest BCUT2D eigenvalue weighted by Crippen LogP contribution is 2.28. The summed E-state index contributed by atoms with van der Waals surface area (Å²) in [5.41, 5.74) is 0.0416. The van der Waals surface area contributed by atoms with Crippen LogP contribution in [0.3, 0.4) is 0 Å². The average Bonchev–Trinajstić information content (AvgIpc) is 2.27. The number of nitro benzene ring substituents is 1. The lowest BCUT2D eigenvalue weighted by molar-refractivity contribution is -0.387. The van der Waals surface area contributed by atoms with E-state index < -0.39 is 20.6 Å². The van der Waals surface area contributed by atoms with Crippen molar-refractivity contribution < 1.29 is 13.3 Å². The second-order valence-corrected chi connectivity index (χ2v) is 5.60. The van der Waals surface area contributed by atoms with Crippen molar-refractivity contribution in [3.8, 4) is 0 Å². The molecule has 0 heterocycles. The molecule has 0 radical (unpaired) electrons. The molecule has 0 saturated heterocycles. The number of nitrogens with one attached hydrogen (secondary N) is 1. The second-order valence-electron chi connectivity index (χ2n) is 3.48. The third kappa shape index (κ3) is 2.53. The molecule has 0 bridgehead atoms. The topological polar surface area (TPSA) is 92.6 Å². The van der Waals surface area contributed by atoms with Gasteiger partial charge in [0.2, 0.25) is 10.0 Å². The molecule has 1 N–H and O–H groups in total. The molecule has 1 aromatic carbocycles. The predicted molar refractivity (Wildman–Crippen MR) is 63.5 cm³/mol. The highest BCUT2D eigenvalue weighted by molar-refractivity contribution is 7.89. The molecule has 0 spiro atoms. The Hall–Kier alpha value is -1.67. The van der Waals surface area contributed by atoms with Crippen LogP contribution in [0.15, 0.2) is 23.1 Å². The Kier molecular flexibility index (Phi) is 3.69. The molecule has 0 amide bonds. The minimum Gasteiger partial charge on any atom is -0.388 e. The SMILES string of the molecule is CNc1ccc(S(=O)(=O)N(C)C)c([N+](=O)[O-])c1. The number of benzene rings is 1. The summed E-state index contributed by atoms with van der Waals surface area (Å²) in [6.45, 7) is 0. The van der Waals surface area contributed by atoms with Crippen LogP contribution in [-0.2, 0) is 10.0 Å². The zero-order valence-corrected chi connectivity index (χ0v) is 10.5. The van der Waals surface area contributed by atoms with Crippen LogP contribution < -0.4 is 5.32 Å². The van der Waals surface area contributed by atoms with Gasteiger partial charge in [-0.15, -0.1) is 0 Å². The third-order valence-corrected chi connectivity index (χ3v) is 4.07. The lowest BCUT2D eigenvalue weighted by Crippen LogP contribution is -2.23. The van der Waals surface area contributed by atoms with E-state index in [0.717, 1.165) is 4.31 Å². The highest BCUT2D eigenvalue weighted by atomic mass is 32.2. The predicted octanol–water partition coefficient (Wildman–Crippen LogP) is 0.887. The van der Waals surface area contributed by atoms with E-state index in [1.165, 1.54) is 32.3 Å². The van der Waals surface area contributed by atoms with E-state index in [-0.39, 0.29) is 4.90 Å². The van der Waals surface area contributed by atoms with Crippen LogP contribution in [0.4, 0.5) is 11.4 Å². The van der Waals surface area contributed by atoms with Crippen molar-refractivity contribution in [1.29, 1.82) is 0 Å². The largest absolute Gasteiger partial charge is 0.388 e. The minimum atomic E-state index is -3.81. The molecule has 0 saturated carbocycles. The number of hydrogen-bond acceptors (Lipinski definition) is 5. The van der Waals surface area contributed by atoms with Gasteiger partial charge in [0.05, 0.1) is 4.92 Å². The molecule has 0 aromatic heterocycles. The number of anilines is 1. The van der Waals surface area contributed by atoms with Gasteiger partial charge in [0.25, 0.3) is 5.69 Å². The number of sulfonamides is 1. The molecule has 1 aromatic rings. The van der Waals surface area contributed by atoms with E-state index in [1.807, 2.05) is 0 Å². The summed E-state index contributed by atoms with van der Waals surface area (Å²) in [4.78, 5) is 9.83. The first-order valence-electron chi connectivity index (χ1n) is 4.69. The second kappa shape index (κ2) is 4.68. The summed E-state index contributed by atoms with van der Waals surface area (Å²) >= 11 is 0. The molecule has 7 nitrogen and oxygen atoms in total. The van der Waals surface area contributed by atoms with Crippen LogP contribution in [0.5, 0.6) is 0 Å². The summed E-state index contributed by atoms with van der Waals surface area (Å²) in [7, 11) is 0.432. The van der Waals surface area contributed by atoms with Crippen LogP contribution in [0.25, 0.3) is 0 Å². The van der Waals surface area contributed by atoms with Crippen LogP contribution in [0.2, 0.25) is 0 Å². The summed E-state index contributed by atoms with van der Waals surface area (Å²) in [5, 5.41) is 13.6. The van der Waals surface area contributed by atoms with Crippen LogP contribution >= 0.6 is 0 Å². The van der Waals surface area contributed by atoms with Gasteiger partial charge in [-0.2, -0.15) is 0 Å². The standard InChI is InChI=1S/C9H13N3O4S/c1-10-7-4-5-9(8(6-7)12(13)14)17(15,16)11(2)3/h4-6,10H,1-3H3. The first-order valence-corrected chi connectivity index (χ1v) is 6.13. The molecule has 0 atom stereocenters. The Morgan fingerprint density at radius 1 is 1.35 bits per heavy atom. The number of nitrogens with zero attached hydrogens (tertiary/aromatic N) is 2. The Bertz CT molecular complexity index is 539. The van der Waals surface area contributed by atoms with Gasteiger partial charge in [0.15, 0.2) is 4.90 Å². The van der Waals surface area contributed by atoms with Crippen molar-refractivity contribution in [3.05, 3.63) is 28.3 Å². The monoisotopic (exact) mass is 259 g/mol. The molecule has 17 heavy (non-hydrogen) atoms. The molecule has 0 aliphatic heterocycles. The third-order valence-electron chi connectivity index (χ3n) is 2.20. The molecular weight excluding hydrogens is 246 g/mol. The number of rotatable bonds is 4. The van der Waals surface area contributed by atoms with Crippen molar-refractivity contribution in [2.75, 3.05) is 26.5 Å². The Morgan fingerprint density at radius 2 is 1.94 bits per heavy atom. The van der Waals surface area contributed by atoms with Gasteiger partial charge in [-0.25, -0.2) is 12.7 Å². The molecule has 0 aliphatic rings. The van der Waals surface area contributed by atoms with E-state index in [0.29, 0.717) is 5.69 Å². The van der Waals surface area contributed by atoms with Crippen molar-refractivity contribution >= 4 is 21.4 Å². The van der Waals surface area contributed by atoms with Crippen molar-refractivity contribution in [3.63, 3.8) is 0 Å². The van der Waals surface area contributed by atoms with E-state index in [1.54, 1.807) is 7.05 Å². The maximum absolute atomic E-state index is 11.9. The fourth-order valence-electron chi connectivity index (χ4n) is 1.23. The Morgan fingerprint density at radius 3 is 2.35 bits per heavy atom. The fourth-order valence-corrected chi connectivity index (χ4v) is 2.26. The van der Waals surface area contributed by atoms with Crippen LogP contribution in [-0.4, -0.2) is 38.8 Å². The highest BCUT2D eigenvalue weighted by Gasteiger charge is 2.27. The average molecular weight is 259 g/mol. The molecule has 94 valence electrons. The first kappa shape index (κ1) is 13.4. The van der Waals surface area contributed by atoms with Gasteiger partial charge in [-0.3, -0.25) is 10.1 Å². The molecular formula is C9H13N3O4S. The number of hydrogen-bond donors (Lipinski definition) is 1. The van der Waals surface area contributed by atoms with Crippen LogP contribution in [0.1, 0.15) is 0 Å². The van der Waals surface area contributed by atoms with Gasteiger partial charge in [-0.1, -0.05) is 0 Å². The first-order chi connectivity index (χ1) is 7.80. The van der Waals surface area contributed by atoms with E-state index in [4.69, 9.17) is 0 Å². The van der Waals surface area contributed by atoms with E-state index >= 15 is 0 Å². The smallest absolute Gasteiger partial charge is 0.291 e. The van der Waals surface area contributed by atoms with Crippen LogP contribution in [0, 0.1) is 10.1 Å². The molecule has 1 rings (SSSR count). The maximum Gasteiger partial charge on any atom is 0.291 e. The zero-order valence-electron chi connectivity index (χ0n) is 9.67. The van der Waals surface area contributed by atoms with Gasteiger partial charge in [0.1, 0.15) is 0 Å². The van der Waals surface area contributed by atoms with Crippen molar-refractivity contribution in [2.45, 2.75) is 4.90 Å². The Balaban J connectivity index is 3.50. The van der Waals surface area contributed by atoms with Gasteiger partial charge in [-0.05, 0) is 12.1 Å². The van der Waals surface area contributed by atoms with Gasteiger partial charge < -0.3 is 5.32 Å². The minimum absolute atomic E-state index is 0.313. The molecule has 0 fully saturated rings. The quantitative estimate of drug-likeness (QED) is 0.640. The summed E-state index contributed by atoms with van der Waals surface area (Å²) in [6.07, 6.45) is 0. The lowest BCUT2D eigenvalue weighted by Gasteiger charge is -2.12. The Labute approximate surface area is 99.2 Å². The normalized spacial score (nSPS) is 11.5. The van der Waals surface area contributed by atoms with Crippen molar-refractivity contribution in [1.82, 2.24) is 4.31 Å². The van der Waals surface area contributed by atoms with Gasteiger partial charge in [0, 0.05) is 32.9 Å². The molecule has 0 unspecified atom stereocenters. The lowest BCUT2D eigenvalue weighted by atomic mass is 10.3. The van der Waals surface area contributed by atoms with Gasteiger partial charge >= 0.3 is 0 Å². The van der Waals surface area contributed by atoms with Crippen molar-refractivity contribution in [2.24, 2.45) is 0 Å². The zero-order chi connectivity index (χ0) is 13.2. The summed E-state index contributed by atoms with van der Waals surface area (Å²) in [5.74, 6) is 0. The maximum atomic E-state index is 11.9.